The first-order chi connectivity index (χ1) is 9.10. The lowest BCUT2D eigenvalue weighted by Gasteiger charge is -2.21. The topological polar surface area (TPSA) is 28.2 Å². The highest BCUT2D eigenvalue weighted by Crippen LogP contribution is 2.22. The third-order valence-electron chi connectivity index (χ3n) is 2.89. The van der Waals surface area contributed by atoms with Crippen LogP contribution in [-0.2, 0) is 13.1 Å². The average Bonchev–Trinajstić information content (AvgIpc) is 2.75. The van der Waals surface area contributed by atoms with E-state index in [9.17, 15) is 4.39 Å². The highest BCUT2D eigenvalue weighted by atomic mass is 32.1. The van der Waals surface area contributed by atoms with Gasteiger partial charge < -0.3 is 10.2 Å². The molecule has 0 radical (unpaired) electrons. The highest BCUT2D eigenvalue weighted by molar-refractivity contribution is 7.09. The van der Waals surface area contributed by atoms with Crippen molar-refractivity contribution in [2.75, 3.05) is 19.0 Å². The van der Waals surface area contributed by atoms with Crippen molar-refractivity contribution in [1.29, 1.82) is 0 Å². The van der Waals surface area contributed by atoms with E-state index in [2.05, 4.69) is 20.6 Å². The van der Waals surface area contributed by atoms with Gasteiger partial charge in [0.1, 0.15) is 5.82 Å². The minimum absolute atomic E-state index is 0.202. The highest BCUT2D eigenvalue weighted by Gasteiger charge is 2.10. The Labute approximate surface area is 117 Å². The lowest BCUT2D eigenvalue weighted by atomic mass is 10.1. The van der Waals surface area contributed by atoms with Gasteiger partial charge in [0.25, 0.3) is 0 Å². The number of hydrogen-bond acceptors (Lipinski definition) is 4. The van der Waals surface area contributed by atoms with Crippen LogP contribution in [0.1, 0.15) is 16.3 Å². The summed E-state index contributed by atoms with van der Waals surface area (Å²) in [5, 5.41) is 6.20. The van der Waals surface area contributed by atoms with Crippen molar-refractivity contribution >= 4 is 17.0 Å². The van der Waals surface area contributed by atoms with Gasteiger partial charge >= 0.3 is 0 Å². The molecule has 0 amide bonds. The van der Waals surface area contributed by atoms with Crippen LogP contribution in [0.15, 0.2) is 23.6 Å². The molecular formula is C14H18FN3S. The van der Waals surface area contributed by atoms with Crippen LogP contribution in [-0.4, -0.2) is 19.1 Å². The fourth-order valence-electron chi connectivity index (χ4n) is 2.07. The van der Waals surface area contributed by atoms with E-state index in [1.807, 2.05) is 27.1 Å². The molecule has 0 saturated heterocycles. The predicted octanol–water partition coefficient (Wildman–Crippen LogP) is 2.95. The molecule has 1 heterocycles. The van der Waals surface area contributed by atoms with E-state index in [0.717, 1.165) is 28.5 Å². The fourth-order valence-corrected chi connectivity index (χ4v) is 2.67. The minimum atomic E-state index is -0.202. The number of aryl methyl sites for hydroxylation is 1. The Morgan fingerprint density at radius 1 is 1.42 bits per heavy atom. The van der Waals surface area contributed by atoms with E-state index < -0.39 is 0 Å². The molecular weight excluding hydrogens is 261 g/mol. The van der Waals surface area contributed by atoms with Crippen molar-refractivity contribution in [1.82, 2.24) is 10.3 Å². The van der Waals surface area contributed by atoms with Crippen molar-refractivity contribution < 1.29 is 4.39 Å². The van der Waals surface area contributed by atoms with Gasteiger partial charge in [0.15, 0.2) is 0 Å². The van der Waals surface area contributed by atoms with Gasteiger partial charge in [-0.05, 0) is 37.7 Å². The van der Waals surface area contributed by atoms with E-state index in [1.165, 1.54) is 6.07 Å². The normalized spacial score (nSPS) is 10.7. The molecule has 0 spiro atoms. The molecule has 5 heteroatoms. The molecule has 0 aliphatic heterocycles. The first kappa shape index (κ1) is 14.0. The van der Waals surface area contributed by atoms with Crippen molar-refractivity contribution in [2.45, 2.75) is 20.0 Å². The third-order valence-corrected chi connectivity index (χ3v) is 3.71. The summed E-state index contributed by atoms with van der Waals surface area (Å²) in [4.78, 5) is 6.55. The molecule has 2 aromatic rings. The summed E-state index contributed by atoms with van der Waals surface area (Å²) in [7, 11) is 3.86. The number of nitrogens with zero attached hydrogens (tertiary/aromatic N) is 2. The molecule has 0 aliphatic rings. The van der Waals surface area contributed by atoms with Crippen LogP contribution in [0.3, 0.4) is 0 Å². The summed E-state index contributed by atoms with van der Waals surface area (Å²) in [6, 6.07) is 4.90. The molecule has 0 saturated carbocycles. The number of aromatic nitrogens is 1. The molecule has 2 rings (SSSR count). The Morgan fingerprint density at radius 3 is 2.84 bits per heavy atom. The molecule has 1 aromatic carbocycles. The largest absolute Gasteiger partial charge is 0.368 e. The molecule has 0 atom stereocenters. The fraction of sp³-hybridized carbons (Fsp3) is 0.357. The van der Waals surface area contributed by atoms with Gasteiger partial charge in [0.2, 0.25) is 0 Å². The summed E-state index contributed by atoms with van der Waals surface area (Å²) < 4.78 is 13.3. The van der Waals surface area contributed by atoms with Crippen LogP contribution in [0.4, 0.5) is 10.1 Å². The van der Waals surface area contributed by atoms with Crippen LogP contribution in [0, 0.1) is 12.7 Å². The van der Waals surface area contributed by atoms with Crippen LogP contribution >= 0.6 is 11.3 Å². The number of benzene rings is 1. The zero-order valence-electron chi connectivity index (χ0n) is 11.4. The summed E-state index contributed by atoms with van der Waals surface area (Å²) in [6.45, 7) is 3.37. The van der Waals surface area contributed by atoms with Crippen LogP contribution in [0.5, 0.6) is 0 Å². The molecule has 0 aliphatic carbocycles. The first-order valence-electron chi connectivity index (χ1n) is 6.15. The molecule has 3 nitrogen and oxygen atoms in total. The Morgan fingerprint density at radius 2 is 2.21 bits per heavy atom. The molecule has 1 aromatic heterocycles. The zero-order chi connectivity index (χ0) is 13.8. The quantitative estimate of drug-likeness (QED) is 0.912. The minimum Gasteiger partial charge on any atom is -0.368 e. The second-order valence-electron chi connectivity index (χ2n) is 4.52. The number of thiazole rings is 1. The van der Waals surface area contributed by atoms with E-state index in [0.29, 0.717) is 6.54 Å². The van der Waals surface area contributed by atoms with Gasteiger partial charge in [0, 0.05) is 24.7 Å². The standard InChI is InChI=1S/C14H18FN3S/c1-10-17-13(9-19-10)8-18(3)14-5-4-12(15)6-11(14)7-16-2/h4-6,9,16H,7-8H2,1-3H3. The number of nitrogens with one attached hydrogen (secondary N) is 1. The molecule has 0 bridgehead atoms. The summed E-state index contributed by atoms with van der Waals surface area (Å²) in [5.41, 5.74) is 3.03. The van der Waals surface area contributed by atoms with Gasteiger partial charge in [0.05, 0.1) is 17.2 Å². The van der Waals surface area contributed by atoms with Crippen molar-refractivity contribution in [3.8, 4) is 0 Å². The number of rotatable bonds is 5. The van der Waals surface area contributed by atoms with Gasteiger partial charge in [-0.1, -0.05) is 0 Å². The van der Waals surface area contributed by atoms with Crippen LogP contribution in [0.25, 0.3) is 0 Å². The second kappa shape index (κ2) is 6.12. The van der Waals surface area contributed by atoms with E-state index in [1.54, 1.807) is 17.4 Å². The number of halogens is 1. The van der Waals surface area contributed by atoms with Crippen molar-refractivity contribution in [3.05, 3.63) is 45.7 Å². The summed E-state index contributed by atoms with van der Waals surface area (Å²) >= 11 is 1.65. The Hall–Kier alpha value is -1.46. The van der Waals surface area contributed by atoms with Gasteiger partial charge in [-0.2, -0.15) is 0 Å². The lowest BCUT2D eigenvalue weighted by molar-refractivity contribution is 0.623. The van der Waals surface area contributed by atoms with Crippen molar-refractivity contribution in [3.63, 3.8) is 0 Å². The Balaban J connectivity index is 2.20. The molecule has 19 heavy (non-hydrogen) atoms. The molecule has 0 fully saturated rings. The molecule has 1 N–H and O–H groups in total. The maximum Gasteiger partial charge on any atom is 0.123 e. The number of anilines is 1. The Kier molecular flexibility index (Phi) is 4.50. The van der Waals surface area contributed by atoms with E-state index >= 15 is 0 Å². The van der Waals surface area contributed by atoms with Gasteiger partial charge in [-0.15, -0.1) is 11.3 Å². The summed E-state index contributed by atoms with van der Waals surface area (Å²) in [5.74, 6) is -0.202. The van der Waals surface area contributed by atoms with E-state index in [-0.39, 0.29) is 5.82 Å². The van der Waals surface area contributed by atoms with Gasteiger partial charge in [-0.3, -0.25) is 0 Å². The third kappa shape index (κ3) is 3.52. The predicted molar refractivity (Wildman–Crippen MR) is 78.1 cm³/mol. The zero-order valence-corrected chi connectivity index (χ0v) is 12.2. The smallest absolute Gasteiger partial charge is 0.123 e. The SMILES string of the molecule is CNCc1cc(F)ccc1N(C)Cc1csc(C)n1. The maximum atomic E-state index is 13.3. The van der Waals surface area contributed by atoms with Crippen LogP contribution < -0.4 is 10.2 Å². The lowest BCUT2D eigenvalue weighted by Crippen LogP contribution is -2.20. The second-order valence-corrected chi connectivity index (χ2v) is 5.58. The first-order valence-corrected chi connectivity index (χ1v) is 7.03. The maximum absolute atomic E-state index is 13.3. The van der Waals surface area contributed by atoms with Gasteiger partial charge in [-0.25, -0.2) is 9.37 Å². The summed E-state index contributed by atoms with van der Waals surface area (Å²) in [6.07, 6.45) is 0. The van der Waals surface area contributed by atoms with Crippen LogP contribution in [0.2, 0.25) is 0 Å². The number of hydrogen-bond donors (Lipinski definition) is 1. The Bertz CT molecular complexity index is 553. The monoisotopic (exact) mass is 279 g/mol. The van der Waals surface area contributed by atoms with Crippen molar-refractivity contribution in [2.24, 2.45) is 0 Å². The average molecular weight is 279 g/mol. The molecule has 102 valence electrons. The molecule has 0 unspecified atom stereocenters. The van der Waals surface area contributed by atoms with E-state index in [4.69, 9.17) is 0 Å².